The Bertz CT molecular complexity index is 423. The molecule has 0 aliphatic heterocycles. The van der Waals surface area contributed by atoms with Gasteiger partial charge in [0.2, 0.25) is 0 Å². The third-order valence-electron chi connectivity index (χ3n) is 2.50. The molecule has 0 saturated carbocycles. The molecule has 0 radical (unpaired) electrons. The summed E-state index contributed by atoms with van der Waals surface area (Å²) in [6, 6.07) is 5.09. The zero-order valence-electron chi connectivity index (χ0n) is 10.2. The van der Waals surface area contributed by atoms with E-state index in [0.29, 0.717) is 12.8 Å². The summed E-state index contributed by atoms with van der Waals surface area (Å²) < 4.78 is 54.1. The third kappa shape index (κ3) is 4.24. The number of alkyl halides is 4. The van der Waals surface area contributed by atoms with Crippen LogP contribution < -0.4 is 10.5 Å². The lowest BCUT2D eigenvalue weighted by atomic mass is 10.0. The highest BCUT2D eigenvalue weighted by atomic mass is 19.3. The van der Waals surface area contributed by atoms with Crippen LogP contribution >= 0.6 is 0 Å². The minimum absolute atomic E-state index is 0.268. The number of para-hydroxylation sites is 1. The van der Waals surface area contributed by atoms with Crippen molar-refractivity contribution in [3.8, 4) is 5.75 Å². The second-order valence-corrected chi connectivity index (χ2v) is 3.97. The molecule has 0 aliphatic carbocycles. The van der Waals surface area contributed by atoms with Gasteiger partial charge in [-0.2, -0.15) is 17.6 Å². The first-order valence-corrected chi connectivity index (χ1v) is 5.69. The Labute approximate surface area is 108 Å². The fourth-order valence-corrected chi connectivity index (χ4v) is 1.52. The average Bonchev–Trinajstić information content (AvgIpc) is 2.36. The van der Waals surface area contributed by atoms with E-state index in [9.17, 15) is 17.6 Å². The number of halogens is 4. The van der Waals surface area contributed by atoms with Gasteiger partial charge in [0.25, 0.3) is 0 Å². The van der Waals surface area contributed by atoms with Crippen molar-refractivity contribution in [1.82, 2.24) is 0 Å². The maximum Gasteiger partial charge on any atom is 0.461 e. The van der Waals surface area contributed by atoms with Crippen LogP contribution in [0.3, 0.4) is 0 Å². The van der Waals surface area contributed by atoms with Crippen LogP contribution in [0.15, 0.2) is 36.9 Å². The first kappa shape index (κ1) is 15.5. The van der Waals surface area contributed by atoms with Crippen molar-refractivity contribution >= 4 is 0 Å². The van der Waals surface area contributed by atoms with Gasteiger partial charge in [-0.15, -0.1) is 6.58 Å². The quantitative estimate of drug-likeness (QED) is 0.606. The molecule has 0 unspecified atom stereocenters. The summed E-state index contributed by atoms with van der Waals surface area (Å²) in [5.41, 5.74) is 6.08. The topological polar surface area (TPSA) is 35.2 Å². The number of nitrogens with two attached hydrogens (primary N) is 1. The summed E-state index contributed by atoms with van der Waals surface area (Å²) >= 11 is 0. The van der Waals surface area contributed by atoms with Gasteiger partial charge in [0, 0.05) is 11.6 Å². The second kappa shape index (κ2) is 6.56. The van der Waals surface area contributed by atoms with E-state index >= 15 is 0 Å². The highest BCUT2D eigenvalue weighted by molar-refractivity contribution is 5.36. The molecule has 0 aromatic heterocycles. The molecule has 6 heteroatoms. The first-order valence-electron chi connectivity index (χ1n) is 5.69. The van der Waals surface area contributed by atoms with Crippen LogP contribution in [0.2, 0.25) is 0 Å². The molecule has 0 bridgehead atoms. The number of ether oxygens (including phenoxy) is 1. The van der Waals surface area contributed by atoms with Gasteiger partial charge in [0.1, 0.15) is 5.75 Å². The summed E-state index contributed by atoms with van der Waals surface area (Å²) in [7, 11) is 0. The van der Waals surface area contributed by atoms with Gasteiger partial charge in [0.15, 0.2) is 0 Å². The van der Waals surface area contributed by atoms with Crippen LogP contribution in [-0.4, -0.2) is 12.5 Å². The number of hydrogen-bond acceptors (Lipinski definition) is 2. The molecular formula is C13H15F4NO. The smallest absolute Gasteiger partial charge is 0.428 e. The Balaban J connectivity index is 2.92. The molecule has 0 spiro atoms. The molecule has 0 heterocycles. The van der Waals surface area contributed by atoms with Crippen molar-refractivity contribution in [1.29, 1.82) is 0 Å². The summed E-state index contributed by atoms with van der Waals surface area (Å²) in [6.07, 6.45) is -5.75. The van der Waals surface area contributed by atoms with E-state index in [1.165, 1.54) is 18.2 Å². The first-order chi connectivity index (χ1) is 8.88. The molecule has 2 N–H and O–H groups in total. The van der Waals surface area contributed by atoms with Crippen molar-refractivity contribution in [3.05, 3.63) is 42.5 Å². The van der Waals surface area contributed by atoms with Gasteiger partial charge in [-0.1, -0.05) is 24.3 Å². The molecule has 1 aromatic carbocycles. The lowest BCUT2D eigenvalue weighted by Crippen LogP contribution is -2.34. The fourth-order valence-electron chi connectivity index (χ4n) is 1.52. The van der Waals surface area contributed by atoms with Gasteiger partial charge in [-0.25, -0.2) is 0 Å². The molecular weight excluding hydrogens is 262 g/mol. The van der Waals surface area contributed by atoms with E-state index in [2.05, 4.69) is 11.3 Å². The minimum atomic E-state index is -4.53. The predicted molar refractivity (Wildman–Crippen MR) is 64.4 cm³/mol. The average molecular weight is 277 g/mol. The molecule has 0 amide bonds. The summed E-state index contributed by atoms with van der Waals surface area (Å²) in [5, 5.41) is 0. The normalized spacial score (nSPS) is 13.4. The molecule has 0 fully saturated rings. The van der Waals surface area contributed by atoms with E-state index in [4.69, 9.17) is 5.73 Å². The van der Waals surface area contributed by atoms with Crippen molar-refractivity contribution in [2.24, 2.45) is 5.73 Å². The van der Waals surface area contributed by atoms with Crippen molar-refractivity contribution in [3.63, 3.8) is 0 Å². The van der Waals surface area contributed by atoms with Gasteiger partial charge in [0.05, 0.1) is 0 Å². The van der Waals surface area contributed by atoms with Crippen LogP contribution in [0.1, 0.15) is 24.4 Å². The summed E-state index contributed by atoms with van der Waals surface area (Å²) in [6.45, 7) is 3.53. The van der Waals surface area contributed by atoms with E-state index in [0.717, 1.165) is 0 Å². The Morgan fingerprint density at radius 2 is 1.95 bits per heavy atom. The monoisotopic (exact) mass is 277 g/mol. The van der Waals surface area contributed by atoms with E-state index < -0.39 is 18.6 Å². The zero-order valence-corrected chi connectivity index (χ0v) is 10.2. The lowest BCUT2D eigenvalue weighted by Gasteiger charge is -2.21. The highest BCUT2D eigenvalue weighted by Gasteiger charge is 2.44. The Kier molecular flexibility index (Phi) is 5.35. The number of rotatable bonds is 7. The van der Waals surface area contributed by atoms with Gasteiger partial charge < -0.3 is 10.5 Å². The highest BCUT2D eigenvalue weighted by Crippen LogP contribution is 2.33. The Morgan fingerprint density at radius 1 is 1.32 bits per heavy atom. The molecule has 19 heavy (non-hydrogen) atoms. The molecule has 2 nitrogen and oxygen atoms in total. The van der Waals surface area contributed by atoms with Crippen molar-refractivity contribution in [2.45, 2.75) is 31.4 Å². The molecule has 106 valence electrons. The van der Waals surface area contributed by atoms with E-state index in [1.54, 1.807) is 12.1 Å². The van der Waals surface area contributed by atoms with Gasteiger partial charge in [-0.3, -0.25) is 0 Å². The number of hydrogen-bond donors (Lipinski definition) is 1. The van der Waals surface area contributed by atoms with Crippen LogP contribution in [0, 0.1) is 0 Å². The summed E-state index contributed by atoms with van der Waals surface area (Å²) in [4.78, 5) is 0. The predicted octanol–water partition coefficient (Wildman–Crippen LogP) is 3.89. The maximum absolute atomic E-state index is 12.9. The maximum atomic E-state index is 12.9. The van der Waals surface area contributed by atoms with E-state index in [1.807, 2.05) is 0 Å². The Morgan fingerprint density at radius 3 is 2.53 bits per heavy atom. The SMILES string of the molecule is C=CCC[C@H](N)c1ccccc1OC(F)(F)C(F)F. The largest absolute Gasteiger partial charge is 0.461 e. The third-order valence-corrected chi connectivity index (χ3v) is 2.50. The van der Waals surface area contributed by atoms with Crippen molar-refractivity contribution in [2.75, 3.05) is 0 Å². The van der Waals surface area contributed by atoms with Gasteiger partial charge in [-0.05, 0) is 18.9 Å². The van der Waals surface area contributed by atoms with Crippen LogP contribution in [0.25, 0.3) is 0 Å². The number of allylic oxidation sites excluding steroid dienone is 1. The minimum Gasteiger partial charge on any atom is -0.428 e. The summed E-state index contributed by atoms with van der Waals surface area (Å²) in [5.74, 6) is -0.329. The molecule has 0 aliphatic rings. The standard InChI is InChI=1S/C13H15F4NO/c1-2-3-7-10(18)9-6-4-5-8-11(9)19-13(16,17)12(14)15/h2,4-6,8,10,12H,1,3,7,18H2/t10-/m0/s1. The van der Waals surface area contributed by atoms with Gasteiger partial charge >= 0.3 is 12.5 Å². The number of benzene rings is 1. The zero-order chi connectivity index (χ0) is 14.5. The van der Waals surface area contributed by atoms with Crippen LogP contribution in [0.4, 0.5) is 17.6 Å². The second-order valence-electron chi connectivity index (χ2n) is 3.97. The van der Waals surface area contributed by atoms with Crippen LogP contribution in [-0.2, 0) is 0 Å². The van der Waals surface area contributed by atoms with E-state index in [-0.39, 0.29) is 11.3 Å². The molecule has 1 rings (SSSR count). The van der Waals surface area contributed by atoms with Crippen LogP contribution in [0.5, 0.6) is 5.75 Å². The molecule has 0 saturated heterocycles. The fraction of sp³-hybridized carbons (Fsp3) is 0.385. The lowest BCUT2D eigenvalue weighted by molar-refractivity contribution is -0.253. The van der Waals surface area contributed by atoms with Crippen molar-refractivity contribution < 1.29 is 22.3 Å². The molecule has 1 atom stereocenters. The Hall–Kier alpha value is -1.56. The molecule has 1 aromatic rings.